The lowest BCUT2D eigenvalue weighted by Gasteiger charge is -2.25. The van der Waals surface area contributed by atoms with Gasteiger partial charge in [0.2, 0.25) is 0 Å². The highest BCUT2D eigenvalue weighted by molar-refractivity contribution is 5.40. The van der Waals surface area contributed by atoms with E-state index >= 15 is 0 Å². The second kappa shape index (κ2) is 3.52. The van der Waals surface area contributed by atoms with E-state index in [-0.39, 0.29) is 6.10 Å². The minimum atomic E-state index is 0.0555. The van der Waals surface area contributed by atoms with Crippen LogP contribution in [0.5, 0.6) is 11.5 Å². The Bertz CT molecular complexity index is 307. The van der Waals surface area contributed by atoms with E-state index in [1.54, 1.807) is 6.08 Å². The minimum absolute atomic E-state index is 0.0555. The van der Waals surface area contributed by atoms with E-state index in [0.717, 1.165) is 11.5 Å². The molecule has 0 saturated carbocycles. The van der Waals surface area contributed by atoms with Crippen LogP contribution in [0.25, 0.3) is 0 Å². The second-order valence-electron chi connectivity index (χ2n) is 2.97. The first kappa shape index (κ1) is 8.17. The van der Waals surface area contributed by atoms with Gasteiger partial charge in [0.05, 0.1) is 0 Å². The molecule has 2 heteroatoms. The van der Waals surface area contributed by atoms with Gasteiger partial charge < -0.3 is 9.47 Å². The van der Waals surface area contributed by atoms with E-state index in [9.17, 15) is 0 Å². The summed E-state index contributed by atoms with van der Waals surface area (Å²) in [6.07, 6.45) is 2.37. The molecule has 0 aromatic heterocycles. The fourth-order valence-electron chi connectivity index (χ4n) is 1.33. The van der Waals surface area contributed by atoms with Crippen LogP contribution in [0.4, 0.5) is 0 Å². The molecule has 0 saturated heterocycles. The molecule has 0 spiro atoms. The standard InChI is InChI=1S/C11H11O2/c1-2-5-9-8-12-10-6-3-4-7-11(10)13-9/h1-4,6-7,9H,5,8H2. The first-order chi connectivity index (χ1) is 6.40. The molecule has 67 valence electrons. The lowest BCUT2D eigenvalue weighted by Crippen LogP contribution is -2.28. The van der Waals surface area contributed by atoms with Crippen molar-refractivity contribution < 1.29 is 9.47 Å². The molecular weight excluding hydrogens is 164 g/mol. The molecule has 0 fully saturated rings. The van der Waals surface area contributed by atoms with E-state index in [2.05, 4.69) is 0 Å². The summed E-state index contributed by atoms with van der Waals surface area (Å²) in [5.41, 5.74) is 0. The predicted octanol–water partition coefficient (Wildman–Crippen LogP) is 2.21. The van der Waals surface area contributed by atoms with Gasteiger partial charge in [0.15, 0.2) is 11.5 Å². The summed E-state index contributed by atoms with van der Waals surface area (Å²) >= 11 is 0. The molecule has 0 aliphatic carbocycles. The first-order valence-corrected chi connectivity index (χ1v) is 4.32. The van der Waals surface area contributed by atoms with Crippen molar-refractivity contribution in [3.63, 3.8) is 0 Å². The molecule has 1 unspecified atom stereocenters. The summed E-state index contributed by atoms with van der Waals surface area (Å²) in [7, 11) is 0. The molecule has 1 aromatic rings. The van der Waals surface area contributed by atoms with Crippen molar-refractivity contribution in [3.8, 4) is 11.5 Å². The Morgan fingerprint density at radius 1 is 1.38 bits per heavy atom. The van der Waals surface area contributed by atoms with Crippen LogP contribution >= 0.6 is 0 Å². The number of benzene rings is 1. The average molecular weight is 175 g/mol. The second-order valence-corrected chi connectivity index (χ2v) is 2.97. The van der Waals surface area contributed by atoms with Gasteiger partial charge in [-0.3, -0.25) is 0 Å². The van der Waals surface area contributed by atoms with Crippen LogP contribution in [0.2, 0.25) is 0 Å². The molecule has 0 amide bonds. The third-order valence-corrected chi connectivity index (χ3v) is 1.97. The Morgan fingerprint density at radius 2 is 2.15 bits per heavy atom. The maximum Gasteiger partial charge on any atom is 0.161 e. The van der Waals surface area contributed by atoms with Crippen LogP contribution in [-0.2, 0) is 0 Å². The molecule has 1 aliphatic rings. The van der Waals surface area contributed by atoms with Crippen LogP contribution in [-0.4, -0.2) is 12.7 Å². The fourth-order valence-corrected chi connectivity index (χ4v) is 1.33. The van der Waals surface area contributed by atoms with E-state index in [1.165, 1.54) is 0 Å². The number of hydrogen-bond donors (Lipinski definition) is 0. The highest BCUT2D eigenvalue weighted by Gasteiger charge is 2.18. The molecular formula is C11H11O2. The van der Waals surface area contributed by atoms with Crippen LogP contribution < -0.4 is 9.47 Å². The largest absolute Gasteiger partial charge is 0.486 e. The van der Waals surface area contributed by atoms with Gasteiger partial charge in [0, 0.05) is 6.42 Å². The zero-order valence-corrected chi connectivity index (χ0v) is 7.27. The van der Waals surface area contributed by atoms with Crippen molar-refractivity contribution in [2.24, 2.45) is 0 Å². The Kier molecular flexibility index (Phi) is 2.21. The highest BCUT2D eigenvalue weighted by atomic mass is 16.6. The highest BCUT2D eigenvalue weighted by Crippen LogP contribution is 2.31. The first-order valence-electron chi connectivity index (χ1n) is 4.32. The van der Waals surface area contributed by atoms with Crippen molar-refractivity contribution in [1.82, 2.24) is 0 Å². The van der Waals surface area contributed by atoms with Crippen molar-refractivity contribution in [2.45, 2.75) is 12.5 Å². The molecule has 13 heavy (non-hydrogen) atoms. The number of fused-ring (bicyclic) bond motifs is 1. The normalized spacial score (nSPS) is 19.5. The summed E-state index contributed by atoms with van der Waals surface area (Å²) in [6, 6.07) is 7.66. The van der Waals surface area contributed by atoms with Gasteiger partial charge in [-0.05, 0) is 12.1 Å². The Hall–Kier alpha value is -1.44. The molecule has 1 aliphatic heterocycles. The van der Waals surface area contributed by atoms with Gasteiger partial charge in [-0.25, -0.2) is 0 Å². The molecule has 2 nitrogen and oxygen atoms in total. The number of rotatable bonds is 2. The molecule has 1 aromatic carbocycles. The van der Waals surface area contributed by atoms with Gasteiger partial charge in [-0.2, -0.15) is 0 Å². The number of hydrogen-bond acceptors (Lipinski definition) is 2. The van der Waals surface area contributed by atoms with E-state index in [1.807, 2.05) is 24.3 Å². The van der Waals surface area contributed by atoms with Crippen molar-refractivity contribution in [2.75, 3.05) is 6.61 Å². The third-order valence-electron chi connectivity index (χ3n) is 1.97. The minimum Gasteiger partial charge on any atom is -0.486 e. The topological polar surface area (TPSA) is 18.5 Å². The van der Waals surface area contributed by atoms with Crippen molar-refractivity contribution in [3.05, 3.63) is 36.9 Å². The van der Waals surface area contributed by atoms with Crippen LogP contribution in [0.1, 0.15) is 6.42 Å². The van der Waals surface area contributed by atoms with Crippen molar-refractivity contribution >= 4 is 0 Å². The molecule has 1 radical (unpaired) electrons. The molecule has 1 heterocycles. The lowest BCUT2D eigenvalue weighted by molar-refractivity contribution is 0.0931. The zero-order chi connectivity index (χ0) is 9.10. The van der Waals surface area contributed by atoms with Crippen LogP contribution in [0, 0.1) is 6.58 Å². The van der Waals surface area contributed by atoms with E-state index in [0.29, 0.717) is 13.0 Å². The van der Waals surface area contributed by atoms with Gasteiger partial charge in [-0.1, -0.05) is 24.8 Å². The predicted molar refractivity (Wildman–Crippen MR) is 49.8 cm³/mol. The van der Waals surface area contributed by atoms with Gasteiger partial charge >= 0.3 is 0 Å². The summed E-state index contributed by atoms with van der Waals surface area (Å²) in [5, 5.41) is 0. The molecule has 1 atom stereocenters. The maximum absolute atomic E-state index is 5.64. The SMILES string of the molecule is [CH]=CCC1COc2ccccc2O1. The lowest BCUT2D eigenvalue weighted by atomic mass is 10.2. The fraction of sp³-hybridized carbons (Fsp3) is 0.273. The van der Waals surface area contributed by atoms with Crippen molar-refractivity contribution in [1.29, 1.82) is 0 Å². The number of para-hydroxylation sites is 2. The van der Waals surface area contributed by atoms with E-state index in [4.69, 9.17) is 16.1 Å². The molecule has 0 N–H and O–H groups in total. The van der Waals surface area contributed by atoms with Gasteiger partial charge in [-0.15, -0.1) is 0 Å². The quantitative estimate of drug-likeness (QED) is 0.686. The van der Waals surface area contributed by atoms with Crippen LogP contribution in [0.3, 0.4) is 0 Å². The van der Waals surface area contributed by atoms with Gasteiger partial charge in [0.25, 0.3) is 0 Å². The summed E-state index contributed by atoms with van der Waals surface area (Å²) in [4.78, 5) is 0. The smallest absolute Gasteiger partial charge is 0.161 e. The Morgan fingerprint density at radius 3 is 2.92 bits per heavy atom. The van der Waals surface area contributed by atoms with Crippen LogP contribution in [0.15, 0.2) is 30.3 Å². The zero-order valence-electron chi connectivity index (χ0n) is 7.27. The Balaban J connectivity index is 2.15. The summed E-state index contributed by atoms with van der Waals surface area (Å²) < 4.78 is 11.1. The Labute approximate surface area is 77.8 Å². The van der Waals surface area contributed by atoms with Gasteiger partial charge in [0.1, 0.15) is 12.7 Å². The number of ether oxygens (including phenoxy) is 2. The maximum atomic E-state index is 5.64. The monoisotopic (exact) mass is 175 g/mol. The third kappa shape index (κ3) is 1.66. The van der Waals surface area contributed by atoms with E-state index < -0.39 is 0 Å². The molecule has 2 rings (SSSR count). The average Bonchev–Trinajstić information content (AvgIpc) is 2.18. The molecule has 0 bridgehead atoms. The summed E-state index contributed by atoms with van der Waals surface area (Å²) in [6.45, 7) is 5.89. The summed E-state index contributed by atoms with van der Waals surface area (Å²) in [5.74, 6) is 1.62.